The standard InChI is InChI=1S/C24H22BrN5O2S/c1-15(16-9-11-20(25)12-10-16)26-23(18-6-4-7-19(13-18)24-27-29-30-28-24)22-14-17-5-2-3-8-21(17)33(22,31)32/h2-15,23,26,31-32H,1H3,(H,27,28,29,30). The predicted octanol–water partition coefficient (Wildman–Crippen LogP) is 6.19. The molecule has 2 heterocycles. The molecule has 9 heteroatoms. The molecule has 1 aliphatic rings. The first-order valence-electron chi connectivity index (χ1n) is 10.4. The van der Waals surface area contributed by atoms with Crippen LogP contribution in [0.2, 0.25) is 0 Å². The second-order valence-corrected chi connectivity index (χ2v) is 10.8. The molecular formula is C24H22BrN5O2S. The van der Waals surface area contributed by atoms with Crippen molar-refractivity contribution >= 4 is 32.6 Å². The molecule has 2 unspecified atom stereocenters. The maximum absolute atomic E-state index is 11.3. The van der Waals surface area contributed by atoms with Crippen LogP contribution < -0.4 is 5.32 Å². The number of hydrogen-bond acceptors (Lipinski definition) is 6. The van der Waals surface area contributed by atoms with E-state index in [1.54, 1.807) is 6.07 Å². The van der Waals surface area contributed by atoms with Gasteiger partial charge < -0.3 is 0 Å². The lowest BCUT2D eigenvalue weighted by atomic mass is 9.99. The first kappa shape index (κ1) is 22.0. The van der Waals surface area contributed by atoms with Crippen molar-refractivity contribution in [3.63, 3.8) is 0 Å². The molecule has 168 valence electrons. The normalized spacial score (nSPS) is 17.2. The molecular weight excluding hydrogens is 502 g/mol. The Labute approximate surface area is 201 Å². The third kappa shape index (κ3) is 4.25. The van der Waals surface area contributed by atoms with Gasteiger partial charge in [0.1, 0.15) is 0 Å². The number of hydrogen-bond donors (Lipinski definition) is 4. The molecule has 0 saturated carbocycles. The van der Waals surface area contributed by atoms with Crippen molar-refractivity contribution in [1.29, 1.82) is 0 Å². The van der Waals surface area contributed by atoms with Crippen LogP contribution in [-0.2, 0) is 0 Å². The Hall–Kier alpha value is -2.82. The van der Waals surface area contributed by atoms with Gasteiger partial charge in [-0.05, 0) is 59.2 Å². The van der Waals surface area contributed by atoms with Gasteiger partial charge in [-0.1, -0.05) is 64.5 Å². The van der Waals surface area contributed by atoms with E-state index in [4.69, 9.17) is 0 Å². The molecule has 0 saturated heterocycles. The van der Waals surface area contributed by atoms with Crippen LogP contribution in [0.1, 0.15) is 35.7 Å². The molecule has 0 spiro atoms. The minimum absolute atomic E-state index is 0.0586. The van der Waals surface area contributed by atoms with Gasteiger partial charge in [-0.2, -0.15) is 5.21 Å². The Kier molecular flexibility index (Phi) is 5.90. The zero-order chi connectivity index (χ0) is 23.0. The summed E-state index contributed by atoms with van der Waals surface area (Å²) >= 11 is 3.48. The van der Waals surface area contributed by atoms with Gasteiger partial charge in [0.2, 0.25) is 5.82 Å². The molecule has 5 rings (SSSR count). The highest BCUT2D eigenvalue weighted by Crippen LogP contribution is 2.65. The van der Waals surface area contributed by atoms with Crippen molar-refractivity contribution in [2.24, 2.45) is 0 Å². The smallest absolute Gasteiger partial charge is 0.204 e. The minimum atomic E-state index is -3.15. The number of tetrazole rings is 1. The second-order valence-electron chi connectivity index (χ2n) is 7.87. The van der Waals surface area contributed by atoms with Crippen molar-refractivity contribution in [2.75, 3.05) is 0 Å². The highest BCUT2D eigenvalue weighted by molar-refractivity contribution is 9.10. The molecule has 33 heavy (non-hydrogen) atoms. The van der Waals surface area contributed by atoms with Crippen molar-refractivity contribution in [2.45, 2.75) is 23.9 Å². The number of fused-ring (bicyclic) bond motifs is 1. The van der Waals surface area contributed by atoms with Crippen molar-refractivity contribution in [3.05, 3.63) is 98.9 Å². The number of halogens is 1. The maximum Gasteiger partial charge on any atom is 0.204 e. The molecule has 0 fully saturated rings. The van der Waals surface area contributed by atoms with Crippen LogP contribution in [0, 0.1) is 0 Å². The molecule has 1 aromatic heterocycles. The molecule has 3 aromatic carbocycles. The van der Waals surface area contributed by atoms with E-state index in [0.29, 0.717) is 15.6 Å². The van der Waals surface area contributed by atoms with Crippen molar-refractivity contribution in [3.8, 4) is 11.4 Å². The summed E-state index contributed by atoms with van der Waals surface area (Å²) in [7, 11) is -3.15. The molecule has 0 aliphatic carbocycles. The van der Waals surface area contributed by atoms with Gasteiger partial charge >= 0.3 is 0 Å². The van der Waals surface area contributed by atoms with E-state index in [1.807, 2.05) is 72.8 Å². The zero-order valence-electron chi connectivity index (χ0n) is 17.7. The summed E-state index contributed by atoms with van der Waals surface area (Å²) < 4.78 is 23.6. The van der Waals surface area contributed by atoms with Crippen LogP contribution in [0.15, 0.2) is 87.1 Å². The summed E-state index contributed by atoms with van der Waals surface area (Å²) in [5.41, 5.74) is 3.58. The highest BCUT2D eigenvalue weighted by Gasteiger charge is 2.36. The fourth-order valence-corrected chi connectivity index (χ4v) is 6.12. The van der Waals surface area contributed by atoms with Crippen LogP contribution in [0.25, 0.3) is 17.5 Å². The Balaban J connectivity index is 1.58. The largest absolute Gasteiger partial charge is 0.299 e. The Bertz CT molecular complexity index is 1310. The van der Waals surface area contributed by atoms with E-state index in [9.17, 15) is 9.11 Å². The van der Waals surface area contributed by atoms with Gasteiger partial charge in [0.25, 0.3) is 0 Å². The van der Waals surface area contributed by atoms with Crippen LogP contribution in [0.4, 0.5) is 0 Å². The van der Waals surface area contributed by atoms with Crippen LogP contribution in [0.5, 0.6) is 0 Å². The summed E-state index contributed by atoms with van der Waals surface area (Å²) in [5, 5.41) is 17.9. The van der Waals surface area contributed by atoms with Gasteiger partial charge in [-0.25, -0.2) is 0 Å². The second kappa shape index (κ2) is 8.85. The van der Waals surface area contributed by atoms with Crippen LogP contribution in [-0.4, -0.2) is 29.7 Å². The van der Waals surface area contributed by atoms with Gasteiger partial charge in [0.05, 0.1) is 15.8 Å². The molecule has 4 aromatic rings. The Morgan fingerprint density at radius 3 is 2.48 bits per heavy atom. The molecule has 2 atom stereocenters. The molecule has 1 aliphatic heterocycles. The summed E-state index contributed by atoms with van der Waals surface area (Å²) in [5.74, 6) is 0.479. The zero-order valence-corrected chi connectivity index (χ0v) is 20.1. The number of benzene rings is 3. The van der Waals surface area contributed by atoms with Gasteiger partial charge in [-0.15, -0.1) is 20.8 Å². The highest BCUT2D eigenvalue weighted by atomic mass is 79.9. The van der Waals surface area contributed by atoms with Gasteiger partial charge in [0.15, 0.2) is 0 Å². The summed E-state index contributed by atoms with van der Waals surface area (Å²) in [6, 6.07) is 22.7. The SMILES string of the molecule is CC(NC(C1=Cc2ccccc2S1(O)O)c1cccc(-c2nn[nH]n2)c1)c1ccc(Br)cc1. The lowest BCUT2D eigenvalue weighted by molar-refractivity contribution is 0.475. The van der Waals surface area contributed by atoms with E-state index in [1.165, 1.54) is 0 Å². The summed E-state index contributed by atoms with van der Waals surface area (Å²) in [6.45, 7) is 2.06. The average Bonchev–Trinajstić information content (AvgIpc) is 3.45. The van der Waals surface area contributed by atoms with E-state index in [2.05, 4.69) is 48.8 Å². The van der Waals surface area contributed by atoms with E-state index >= 15 is 0 Å². The molecule has 4 N–H and O–H groups in total. The van der Waals surface area contributed by atoms with Gasteiger partial charge in [0, 0.05) is 16.1 Å². The lowest BCUT2D eigenvalue weighted by Crippen LogP contribution is -2.27. The molecule has 0 bridgehead atoms. The topological polar surface area (TPSA) is 107 Å². The number of H-pyrrole nitrogens is 1. The Morgan fingerprint density at radius 2 is 1.76 bits per heavy atom. The monoisotopic (exact) mass is 523 g/mol. The van der Waals surface area contributed by atoms with E-state index in [0.717, 1.165) is 26.7 Å². The first-order chi connectivity index (χ1) is 15.9. The third-order valence-corrected chi connectivity index (χ3v) is 8.27. The first-order valence-corrected chi connectivity index (χ1v) is 12.7. The quantitative estimate of drug-likeness (QED) is 0.240. The van der Waals surface area contributed by atoms with Crippen molar-refractivity contribution < 1.29 is 9.11 Å². The average molecular weight is 524 g/mol. The predicted molar refractivity (Wildman–Crippen MR) is 134 cm³/mol. The van der Waals surface area contributed by atoms with Gasteiger partial charge in [-0.3, -0.25) is 14.4 Å². The molecule has 7 nitrogen and oxygen atoms in total. The van der Waals surface area contributed by atoms with E-state index in [-0.39, 0.29) is 6.04 Å². The number of aromatic nitrogens is 4. The molecule has 0 amide bonds. The fourth-order valence-electron chi connectivity index (χ4n) is 4.05. The third-order valence-electron chi connectivity index (χ3n) is 5.75. The minimum Gasteiger partial charge on any atom is -0.299 e. The molecule has 0 radical (unpaired) electrons. The van der Waals surface area contributed by atoms with E-state index < -0.39 is 16.6 Å². The number of aromatic amines is 1. The maximum atomic E-state index is 11.3. The summed E-state index contributed by atoms with van der Waals surface area (Å²) in [6.07, 6.45) is 1.89. The van der Waals surface area contributed by atoms with Crippen molar-refractivity contribution in [1.82, 2.24) is 25.9 Å². The number of nitrogens with zero attached hydrogens (tertiary/aromatic N) is 3. The fraction of sp³-hybridized carbons (Fsp3) is 0.125. The number of rotatable bonds is 6. The number of nitrogens with one attached hydrogen (secondary N) is 2. The van der Waals surface area contributed by atoms with Crippen LogP contribution >= 0.6 is 26.5 Å². The Morgan fingerprint density at radius 1 is 0.970 bits per heavy atom. The lowest BCUT2D eigenvalue weighted by Gasteiger charge is -2.37. The van der Waals surface area contributed by atoms with Crippen LogP contribution in [0.3, 0.4) is 0 Å². The summed E-state index contributed by atoms with van der Waals surface area (Å²) in [4.78, 5) is 1.09.